The zero-order chi connectivity index (χ0) is 22.2. The Bertz CT molecular complexity index is 1030. The predicted molar refractivity (Wildman–Crippen MR) is 106 cm³/mol. The van der Waals surface area contributed by atoms with Crippen molar-refractivity contribution in [3.8, 4) is 0 Å². The molecule has 2 aromatic carbocycles. The Morgan fingerprint density at radius 1 is 0.935 bits per heavy atom. The highest BCUT2D eigenvalue weighted by atomic mass is 19.4. The van der Waals surface area contributed by atoms with E-state index in [0.29, 0.717) is 5.69 Å². The highest BCUT2D eigenvalue weighted by molar-refractivity contribution is 6.01. The minimum Gasteiger partial charge on any atom is -0.339 e. The predicted octanol–water partition coefficient (Wildman–Crippen LogP) is 3.12. The molecule has 2 aliphatic rings. The summed E-state index contributed by atoms with van der Waals surface area (Å²) in [5, 5.41) is 2.76. The number of nitrogens with one attached hydrogen (secondary N) is 1. The van der Waals surface area contributed by atoms with E-state index in [1.807, 2.05) is 12.1 Å². The monoisotopic (exact) mass is 431 g/mol. The maximum absolute atomic E-state index is 13.1. The first-order valence-corrected chi connectivity index (χ1v) is 9.88. The van der Waals surface area contributed by atoms with E-state index in [4.69, 9.17) is 0 Å². The lowest BCUT2D eigenvalue weighted by Crippen LogP contribution is -2.52. The summed E-state index contributed by atoms with van der Waals surface area (Å²) in [6.45, 7) is 0.927. The fraction of sp³-hybridized carbons (Fsp3) is 0.318. The standard InChI is InChI=1S/C22H20F3N3O3/c23-22(24,25)15-5-3-4-14(12-15)20(30)27-8-10-28(11-9-27)21(31)17-13-19(29)26-18-7-2-1-6-16(17)18/h1-7,12,17H,8-11,13H2,(H,26,29). The molecule has 9 heteroatoms. The van der Waals surface area contributed by atoms with Gasteiger partial charge in [-0.05, 0) is 29.8 Å². The molecule has 6 nitrogen and oxygen atoms in total. The Labute approximate surface area is 176 Å². The third kappa shape index (κ3) is 4.26. The van der Waals surface area contributed by atoms with Crippen LogP contribution >= 0.6 is 0 Å². The van der Waals surface area contributed by atoms with Gasteiger partial charge in [0.15, 0.2) is 0 Å². The third-order valence-corrected chi connectivity index (χ3v) is 5.61. The Morgan fingerprint density at radius 2 is 1.61 bits per heavy atom. The largest absolute Gasteiger partial charge is 0.416 e. The highest BCUT2D eigenvalue weighted by Crippen LogP contribution is 2.34. The van der Waals surface area contributed by atoms with Crippen LogP contribution < -0.4 is 5.32 Å². The fourth-order valence-electron chi connectivity index (χ4n) is 3.99. The van der Waals surface area contributed by atoms with Crippen LogP contribution in [0.4, 0.5) is 18.9 Å². The van der Waals surface area contributed by atoms with E-state index in [1.54, 1.807) is 17.0 Å². The van der Waals surface area contributed by atoms with E-state index < -0.39 is 23.6 Å². The number of hydrogen-bond acceptors (Lipinski definition) is 3. The van der Waals surface area contributed by atoms with E-state index in [-0.39, 0.29) is 50.0 Å². The lowest BCUT2D eigenvalue weighted by Gasteiger charge is -2.37. The second-order valence-corrected chi connectivity index (χ2v) is 7.59. The molecule has 0 aromatic heterocycles. The molecule has 2 aliphatic heterocycles. The summed E-state index contributed by atoms with van der Waals surface area (Å²) in [5.41, 5.74) is 0.471. The first-order chi connectivity index (χ1) is 14.7. The number of rotatable bonds is 2. The van der Waals surface area contributed by atoms with Gasteiger partial charge in [0.25, 0.3) is 5.91 Å². The molecule has 1 atom stereocenters. The topological polar surface area (TPSA) is 69.7 Å². The lowest BCUT2D eigenvalue weighted by atomic mass is 9.89. The van der Waals surface area contributed by atoms with Crippen LogP contribution in [0.15, 0.2) is 48.5 Å². The second kappa shape index (κ2) is 8.05. The molecule has 2 heterocycles. The first-order valence-electron chi connectivity index (χ1n) is 9.88. The summed E-state index contributed by atoms with van der Waals surface area (Å²) in [7, 11) is 0. The van der Waals surface area contributed by atoms with Crippen LogP contribution in [0.1, 0.15) is 33.8 Å². The van der Waals surface area contributed by atoms with Gasteiger partial charge >= 0.3 is 6.18 Å². The smallest absolute Gasteiger partial charge is 0.339 e. The maximum Gasteiger partial charge on any atom is 0.416 e. The number of para-hydroxylation sites is 1. The molecular weight excluding hydrogens is 411 g/mol. The number of halogens is 3. The number of fused-ring (bicyclic) bond motifs is 1. The number of benzene rings is 2. The van der Waals surface area contributed by atoms with E-state index >= 15 is 0 Å². The van der Waals surface area contributed by atoms with Crippen molar-refractivity contribution < 1.29 is 27.6 Å². The van der Waals surface area contributed by atoms with Crippen molar-refractivity contribution in [3.63, 3.8) is 0 Å². The summed E-state index contributed by atoms with van der Waals surface area (Å²) in [6.07, 6.45) is -4.47. The van der Waals surface area contributed by atoms with Gasteiger partial charge in [-0.2, -0.15) is 13.2 Å². The van der Waals surface area contributed by atoms with Gasteiger partial charge in [0.05, 0.1) is 11.5 Å². The summed E-state index contributed by atoms with van der Waals surface area (Å²) >= 11 is 0. The number of hydrogen-bond donors (Lipinski definition) is 1. The Balaban J connectivity index is 1.43. The highest BCUT2D eigenvalue weighted by Gasteiger charge is 2.35. The molecule has 1 fully saturated rings. The van der Waals surface area contributed by atoms with Gasteiger partial charge in [-0.3, -0.25) is 14.4 Å². The van der Waals surface area contributed by atoms with Gasteiger partial charge in [-0.15, -0.1) is 0 Å². The number of piperazine rings is 1. The lowest BCUT2D eigenvalue weighted by molar-refractivity contribution is -0.137. The van der Waals surface area contributed by atoms with Gasteiger partial charge < -0.3 is 15.1 Å². The molecule has 1 saturated heterocycles. The van der Waals surface area contributed by atoms with Gasteiger partial charge in [0, 0.05) is 43.9 Å². The van der Waals surface area contributed by atoms with Crippen molar-refractivity contribution in [2.45, 2.75) is 18.5 Å². The molecule has 0 saturated carbocycles. The maximum atomic E-state index is 13.1. The number of carbonyl (C=O) groups is 3. The summed E-state index contributed by atoms with van der Waals surface area (Å²) in [6, 6.07) is 11.5. The van der Waals surface area contributed by atoms with E-state index in [1.165, 1.54) is 17.0 Å². The number of alkyl halides is 3. The van der Waals surface area contributed by atoms with Gasteiger partial charge in [-0.1, -0.05) is 24.3 Å². The van der Waals surface area contributed by atoms with Crippen LogP contribution in [0, 0.1) is 0 Å². The quantitative estimate of drug-likeness (QED) is 0.795. The number of anilines is 1. The second-order valence-electron chi connectivity index (χ2n) is 7.59. The molecular formula is C22H20F3N3O3. The van der Waals surface area contributed by atoms with Crippen LogP contribution in [0.3, 0.4) is 0 Å². The van der Waals surface area contributed by atoms with E-state index in [9.17, 15) is 27.6 Å². The van der Waals surface area contributed by atoms with Crippen LogP contribution in [0.25, 0.3) is 0 Å². The minimum atomic E-state index is -4.52. The van der Waals surface area contributed by atoms with Crippen LogP contribution in [0.5, 0.6) is 0 Å². The average molecular weight is 431 g/mol. The SMILES string of the molecule is O=C1CC(C(=O)N2CCN(C(=O)c3cccc(C(F)(F)F)c3)CC2)c2ccccc2N1. The van der Waals surface area contributed by atoms with Crippen molar-refractivity contribution in [1.29, 1.82) is 0 Å². The normalized spacial score (nSPS) is 18.9. The Morgan fingerprint density at radius 3 is 2.32 bits per heavy atom. The molecule has 2 aromatic rings. The molecule has 1 N–H and O–H groups in total. The zero-order valence-corrected chi connectivity index (χ0v) is 16.5. The van der Waals surface area contributed by atoms with E-state index in [0.717, 1.165) is 17.7 Å². The number of carbonyl (C=O) groups excluding carboxylic acids is 3. The van der Waals surface area contributed by atoms with Gasteiger partial charge in [0.2, 0.25) is 11.8 Å². The summed E-state index contributed by atoms with van der Waals surface area (Å²) in [4.78, 5) is 40.8. The Kier molecular flexibility index (Phi) is 5.43. The molecule has 31 heavy (non-hydrogen) atoms. The molecule has 4 rings (SSSR count). The average Bonchev–Trinajstić information content (AvgIpc) is 2.77. The molecule has 0 bridgehead atoms. The number of nitrogens with zero attached hydrogens (tertiary/aromatic N) is 2. The fourth-order valence-corrected chi connectivity index (χ4v) is 3.99. The summed E-state index contributed by atoms with van der Waals surface area (Å²) in [5.74, 6) is -1.50. The van der Waals surface area contributed by atoms with E-state index in [2.05, 4.69) is 5.32 Å². The van der Waals surface area contributed by atoms with Gasteiger partial charge in [-0.25, -0.2) is 0 Å². The molecule has 0 radical (unpaired) electrons. The van der Waals surface area contributed by atoms with Crippen LogP contribution in [0.2, 0.25) is 0 Å². The van der Waals surface area contributed by atoms with Crippen molar-refractivity contribution in [2.24, 2.45) is 0 Å². The molecule has 0 spiro atoms. The Hall–Kier alpha value is -3.36. The first kappa shape index (κ1) is 20.9. The van der Waals surface area contributed by atoms with Crippen LogP contribution in [-0.4, -0.2) is 53.7 Å². The van der Waals surface area contributed by atoms with Crippen LogP contribution in [-0.2, 0) is 15.8 Å². The molecule has 162 valence electrons. The zero-order valence-electron chi connectivity index (χ0n) is 16.5. The van der Waals surface area contributed by atoms with Crippen molar-refractivity contribution in [2.75, 3.05) is 31.5 Å². The van der Waals surface area contributed by atoms with Gasteiger partial charge in [0.1, 0.15) is 0 Å². The van der Waals surface area contributed by atoms with Crippen molar-refractivity contribution >= 4 is 23.4 Å². The molecule has 0 aliphatic carbocycles. The molecule has 3 amide bonds. The van der Waals surface area contributed by atoms with Crippen molar-refractivity contribution in [3.05, 3.63) is 65.2 Å². The van der Waals surface area contributed by atoms with Crippen molar-refractivity contribution in [1.82, 2.24) is 9.80 Å². The minimum absolute atomic E-state index is 0.0347. The number of amides is 3. The third-order valence-electron chi connectivity index (χ3n) is 5.61. The summed E-state index contributed by atoms with van der Waals surface area (Å²) < 4.78 is 38.8. The molecule has 1 unspecified atom stereocenters.